The van der Waals surface area contributed by atoms with E-state index >= 15 is 0 Å². The van der Waals surface area contributed by atoms with Crippen LogP contribution in [-0.4, -0.2) is 66.4 Å². The number of nitrogens with one attached hydrogen (secondary N) is 2. The normalized spacial score (nSPS) is 12.7. The SMILES string of the molecule is CCCCCCCN(C(=O)C(CS)NC(=O)OC(C)(C)C)C(C(=O)NCC(=O)OC)c1ccccc1. The van der Waals surface area contributed by atoms with Gasteiger partial charge in [0.25, 0.3) is 0 Å². The van der Waals surface area contributed by atoms with Crippen LogP contribution in [0.2, 0.25) is 0 Å². The fourth-order valence-electron chi connectivity index (χ4n) is 3.52. The van der Waals surface area contributed by atoms with E-state index < -0.39 is 41.6 Å². The highest BCUT2D eigenvalue weighted by Gasteiger charge is 2.35. The largest absolute Gasteiger partial charge is 0.468 e. The van der Waals surface area contributed by atoms with Gasteiger partial charge in [0.1, 0.15) is 24.2 Å². The molecule has 202 valence electrons. The number of hydrogen-bond donors (Lipinski definition) is 3. The Bertz CT molecular complexity index is 844. The van der Waals surface area contributed by atoms with E-state index in [0.717, 1.165) is 25.7 Å². The number of alkyl carbamates (subject to hydrolysis) is 1. The first-order valence-electron chi connectivity index (χ1n) is 12.3. The van der Waals surface area contributed by atoms with E-state index in [9.17, 15) is 19.2 Å². The molecule has 2 unspecified atom stereocenters. The molecule has 2 atom stereocenters. The van der Waals surface area contributed by atoms with Crippen molar-refractivity contribution in [1.29, 1.82) is 0 Å². The number of ether oxygens (including phenoxy) is 2. The number of hydrogen-bond acceptors (Lipinski definition) is 7. The smallest absolute Gasteiger partial charge is 0.408 e. The first-order valence-corrected chi connectivity index (χ1v) is 13.0. The van der Waals surface area contributed by atoms with Crippen molar-refractivity contribution < 1.29 is 28.7 Å². The number of rotatable bonds is 14. The Morgan fingerprint density at radius 3 is 2.22 bits per heavy atom. The second-order valence-electron chi connectivity index (χ2n) is 9.43. The Morgan fingerprint density at radius 2 is 1.67 bits per heavy atom. The summed E-state index contributed by atoms with van der Waals surface area (Å²) in [6, 6.07) is 6.82. The van der Waals surface area contributed by atoms with Crippen LogP contribution in [0.25, 0.3) is 0 Å². The fourth-order valence-corrected chi connectivity index (χ4v) is 3.77. The lowest BCUT2D eigenvalue weighted by Gasteiger charge is -2.34. The maximum atomic E-state index is 13.7. The molecule has 36 heavy (non-hydrogen) atoms. The fraction of sp³-hybridized carbons (Fsp3) is 0.615. The van der Waals surface area contributed by atoms with Gasteiger partial charge in [-0.25, -0.2) is 4.79 Å². The molecule has 0 fully saturated rings. The third-order valence-electron chi connectivity index (χ3n) is 5.27. The quantitative estimate of drug-likeness (QED) is 0.195. The van der Waals surface area contributed by atoms with Gasteiger partial charge in [0, 0.05) is 12.3 Å². The first-order chi connectivity index (χ1) is 17.0. The molecule has 10 heteroatoms. The summed E-state index contributed by atoms with van der Waals surface area (Å²) in [6.07, 6.45) is 3.97. The summed E-state index contributed by atoms with van der Waals surface area (Å²) in [4.78, 5) is 52.6. The summed E-state index contributed by atoms with van der Waals surface area (Å²) in [6.45, 7) is 7.25. The number of benzene rings is 1. The van der Waals surface area contributed by atoms with Crippen LogP contribution in [0.1, 0.15) is 71.4 Å². The zero-order valence-electron chi connectivity index (χ0n) is 22.0. The molecule has 0 aliphatic rings. The summed E-state index contributed by atoms with van der Waals surface area (Å²) >= 11 is 4.28. The lowest BCUT2D eigenvalue weighted by Crippen LogP contribution is -2.54. The van der Waals surface area contributed by atoms with Gasteiger partial charge in [0.05, 0.1) is 7.11 Å². The predicted molar refractivity (Wildman–Crippen MR) is 142 cm³/mol. The molecule has 0 radical (unpaired) electrons. The number of thiol groups is 1. The Balaban J connectivity index is 3.28. The highest BCUT2D eigenvalue weighted by atomic mass is 32.1. The van der Waals surface area contributed by atoms with Crippen molar-refractivity contribution in [2.24, 2.45) is 0 Å². The zero-order chi connectivity index (χ0) is 27.1. The van der Waals surface area contributed by atoms with Gasteiger partial charge in [0.2, 0.25) is 11.8 Å². The third-order valence-corrected chi connectivity index (χ3v) is 5.63. The van der Waals surface area contributed by atoms with E-state index in [1.165, 1.54) is 12.0 Å². The number of methoxy groups -OCH3 is 1. The van der Waals surface area contributed by atoms with Gasteiger partial charge < -0.3 is 25.0 Å². The Morgan fingerprint density at radius 1 is 1.03 bits per heavy atom. The monoisotopic (exact) mass is 523 g/mol. The minimum atomic E-state index is -1.02. The van der Waals surface area contributed by atoms with E-state index in [-0.39, 0.29) is 18.8 Å². The minimum absolute atomic E-state index is 0.00962. The molecule has 0 heterocycles. The molecule has 9 nitrogen and oxygen atoms in total. The van der Waals surface area contributed by atoms with Crippen molar-refractivity contribution in [1.82, 2.24) is 15.5 Å². The molecular formula is C26H41N3O6S. The van der Waals surface area contributed by atoms with E-state index in [2.05, 4.69) is 34.9 Å². The summed E-state index contributed by atoms with van der Waals surface area (Å²) in [7, 11) is 1.23. The summed E-state index contributed by atoms with van der Waals surface area (Å²) in [5, 5.41) is 5.15. The van der Waals surface area contributed by atoms with E-state index in [1.807, 2.05) is 6.07 Å². The summed E-state index contributed by atoms with van der Waals surface area (Å²) < 4.78 is 9.94. The van der Waals surface area contributed by atoms with Crippen molar-refractivity contribution in [3.8, 4) is 0 Å². The maximum Gasteiger partial charge on any atom is 0.408 e. The van der Waals surface area contributed by atoms with Gasteiger partial charge in [-0.1, -0.05) is 62.9 Å². The van der Waals surface area contributed by atoms with Gasteiger partial charge in [-0.2, -0.15) is 12.6 Å². The molecule has 0 saturated carbocycles. The van der Waals surface area contributed by atoms with E-state index in [1.54, 1.807) is 45.0 Å². The van der Waals surface area contributed by atoms with Gasteiger partial charge in [-0.3, -0.25) is 14.4 Å². The molecule has 0 aromatic heterocycles. The second kappa shape index (κ2) is 16.1. The number of carbonyl (C=O) groups excluding carboxylic acids is 4. The van der Waals surface area contributed by atoms with Crippen LogP contribution in [0.15, 0.2) is 30.3 Å². The molecule has 0 bridgehead atoms. The molecule has 3 amide bonds. The van der Waals surface area contributed by atoms with Gasteiger partial charge in [-0.15, -0.1) is 0 Å². The Labute approximate surface area is 220 Å². The van der Waals surface area contributed by atoms with Crippen LogP contribution < -0.4 is 10.6 Å². The predicted octanol–water partition coefficient (Wildman–Crippen LogP) is 3.64. The molecule has 0 aliphatic heterocycles. The van der Waals surface area contributed by atoms with Crippen molar-refractivity contribution in [2.45, 2.75) is 77.5 Å². The van der Waals surface area contributed by atoms with E-state index in [0.29, 0.717) is 12.0 Å². The highest BCUT2D eigenvalue weighted by molar-refractivity contribution is 7.80. The summed E-state index contributed by atoms with van der Waals surface area (Å²) in [5.41, 5.74) is -0.162. The van der Waals surface area contributed by atoms with Crippen molar-refractivity contribution in [3.63, 3.8) is 0 Å². The minimum Gasteiger partial charge on any atom is -0.468 e. The molecule has 1 aromatic carbocycles. The standard InChI is InChI=1S/C26H41N3O6S/c1-6-7-8-9-13-16-29(24(32)20(18-36)28-25(33)35-26(2,3)4)22(19-14-11-10-12-15-19)23(31)27-17-21(30)34-5/h10-12,14-15,20,22,36H,6-9,13,16-18H2,1-5H3,(H,27,31)(H,28,33). The topological polar surface area (TPSA) is 114 Å². The van der Waals surface area contributed by atoms with Crippen LogP contribution >= 0.6 is 12.6 Å². The van der Waals surface area contributed by atoms with Crippen molar-refractivity contribution >= 4 is 36.5 Å². The molecule has 1 aromatic rings. The average molecular weight is 524 g/mol. The number of esters is 1. The zero-order valence-corrected chi connectivity index (χ0v) is 22.9. The van der Waals surface area contributed by atoms with Crippen molar-refractivity contribution in [2.75, 3.05) is 26.0 Å². The van der Waals surface area contributed by atoms with Gasteiger partial charge in [-0.05, 0) is 32.8 Å². The van der Waals surface area contributed by atoms with Crippen LogP contribution in [0.4, 0.5) is 4.79 Å². The van der Waals surface area contributed by atoms with Crippen LogP contribution in [0.5, 0.6) is 0 Å². The number of carbonyl (C=O) groups is 4. The summed E-state index contributed by atoms with van der Waals surface area (Å²) in [5.74, 6) is -1.58. The number of nitrogens with zero attached hydrogens (tertiary/aromatic N) is 1. The van der Waals surface area contributed by atoms with E-state index in [4.69, 9.17) is 4.74 Å². The van der Waals surface area contributed by atoms with Crippen LogP contribution in [-0.2, 0) is 23.9 Å². The molecule has 0 spiro atoms. The molecule has 1 rings (SSSR count). The van der Waals surface area contributed by atoms with Gasteiger partial charge in [0.15, 0.2) is 0 Å². The first kappa shape index (κ1) is 31.3. The molecule has 0 aliphatic carbocycles. The molecular weight excluding hydrogens is 482 g/mol. The lowest BCUT2D eigenvalue weighted by molar-refractivity contribution is -0.144. The number of amides is 3. The second-order valence-corrected chi connectivity index (χ2v) is 9.80. The lowest BCUT2D eigenvalue weighted by atomic mass is 10.0. The highest BCUT2D eigenvalue weighted by Crippen LogP contribution is 2.24. The average Bonchev–Trinajstić information content (AvgIpc) is 2.83. The number of unbranched alkanes of at least 4 members (excludes halogenated alkanes) is 4. The third kappa shape index (κ3) is 11.3. The van der Waals surface area contributed by atoms with Crippen LogP contribution in [0, 0.1) is 0 Å². The maximum absolute atomic E-state index is 13.7. The molecule has 2 N–H and O–H groups in total. The van der Waals surface area contributed by atoms with Crippen molar-refractivity contribution in [3.05, 3.63) is 35.9 Å². The molecule has 0 saturated heterocycles. The van der Waals surface area contributed by atoms with Gasteiger partial charge >= 0.3 is 12.1 Å². The Kier molecular flexibility index (Phi) is 14.0. The van der Waals surface area contributed by atoms with Crippen LogP contribution in [0.3, 0.4) is 0 Å². The Hall–Kier alpha value is -2.75.